The summed E-state index contributed by atoms with van der Waals surface area (Å²) in [6, 6.07) is 11.7. The largest absolute Gasteiger partial charge is 0.497 e. The number of methoxy groups -OCH3 is 1. The third-order valence-electron chi connectivity index (χ3n) is 4.94. The Balaban J connectivity index is 1.62. The van der Waals surface area contributed by atoms with Crippen LogP contribution in [0, 0.1) is 0 Å². The molecule has 7 heteroatoms. The van der Waals surface area contributed by atoms with E-state index in [1.54, 1.807) is 32.4 Å². The summed E-state index contributed by atoms with van der Waals surface area (Å²) in [4.78, 5) is 9.27. The number of anilines is 1. The minimum absolute atomic E-state index is 0.238. The van der Waals surface area contributed by atoms with E-state index in [1.807, 2.05) is 19.1 Å². The van der Waals surface area contributed by atoms with Crippen molar-refractivity contribution in [1.29, 1.82) is 0 Å². The van der Waals surface area contributed by atoms with Crippen LogP contribution in [0.4, 0.5) is 5.69 Å². The van der Waals surface area contributed by atoms with Crippen molar-refractivity contribution in [3.05, 3.63) is 48.4 Å². The highest BCUT2D eigenvalue weighted by atomic mass is 16.5. The second kappa shape index (κ2) is 9.01. The molecular formula is C21H30N4O3. The summed E-state index contributed by atoms with van der Waals surface area (Å²) in [6.45, 7) is 8.33. The molecule has 2 heterocycles. The SMILES string of the molecule is CCNC(=NCC(C)(O)c1ccco1)N1CCN(c2ccc(OC)cc2)CC1. The zero-order valence-electron chi connectivity index (χ0n) is 16.9. The molecule has 0 bridgehead atoms. The van der Waals surface area contributed by atoms with Gasteiger partial charge in [-0.2, -0.15) is 0 Å². The summed E-state index contributed by atoms with van der Waals surface area (Å²) < 4.78 is 10.6. The minimum atomic E-state index is -1.13. The fraction of sp³-hybridized carbons (Fsp3) is 0.476. The predicted molar refractivity (Wildman–Crippen MR) is 111 cm³/mol. The summed E-state index contributed by atoms with van der Waals surface area (Å²) in [5.74, 6) is 2.22. The van der Waals surface area contributed by atoms with Gasteiger partial charge >= 0.3 is 0 Å². The number of furan rings is 1. The number of ether oxygens (including phenoxy) is 1. The van der Waals surface area contributed by atoms with Gasteiger partial charge in [-0.15, -0.1) is 0 Å². The summed E-state index contributed by atoms with van der Waals surface area (Å²) in [5.41, 5.74) is 0.0675. The van der Waals surface area contributed by atoms with E-state index < -0.39 is 5.60 Å². The first-order valence-electron chi connectivity index (χ1n) is 9.72. The van der Waals surface area contributed by atoms with Crippen molar-refractivity contribution in [2.45, 2.75) is 19.4 Å². The molecule has 1 aromatic carbocycles. The van der Waals surface area contributed by atoms with Gasteiger partial charge in [0.05, 0.1) is 19.9 Å². The molecule has 0 amide bonds. The van der Waals surface area contributed by atoms with Gasteiger partial charge in [-0.3, -0.25) is 0 Å². The number of hydrogen-bond donors (Lipinski definition) is 2. The highest BCUT2D eigenvalue weighted by molar-refractivity contribution is 5.80. The molecule has 152 valence electrons. The Morgan fingerprint density at radius 2 is 1.93 bits per heavy atom. The Morgan fingerprint density at radius 1 is 1.21 bits per heavy atom. The average molecular weight is 386 g/mol. The van der Waals surface area contributed by atoms with Crippen LogP contribution in [0.15, 0.2) is 52.1 Å². The molecule has 0 spiro atoms. The van der Waals surface area contributed by atoms with E-state index in [2.05, 4.69) is 32.2 Å². The lowest BCUT2D eigenvalue weighted by atomic mass is 10.0. The van der Waals surface area contributed by atoms with Crippen LogP contribution in [-0.2, 0) is 5.60 Å². The Hall–Kier alpha value is -2.67. The van der Waals surface area contributed by atoms with Gasteiger partial charge in [0.15, 0.2) is 5.96 Å². The van der Waals surface area contributed by atoms with Gasteiger partial charge in [0.25, 0.3) is 0 Å². The number of rotatable bonds is 6. The molecule has 2 aromatic rings. The number of benzene rings is 1. The number of guanidine groups is 1. The molecule has 28 heavy (non-hydrogen) atoms. The topological polar surface area (TPSA) is 73.5 Å². The fourth-order valence-corrected chi connectivity index (χ4v) is 3.29. The van der Waals surface area contributed by atoms with Crippen molar-refractivity contribution in [3.63, 3.8) is 0 Å². The van der Waals surface area contributed by atoms with Crippen molar-refractivity contribution in [3.8, 4) is 5.75 Å². The number of nitrogens with zero attached hydrogens (tertiary/aromatic N) is 3. The first kappa shape index (κ1) is 20.1. The first-order valence-corrected chi connectivity index (χ1v) is 9.72. The molecule has 0 saturated carbocycles. The maximum absolute atomic E-state index is 10.7. The van der Waals surface area contributed by atoms with Gasteiger partial charge in [-0.1, -0.05) is 0 Å². The molecule has 0 aliphatic carbocycles. The van der Waals surface area contributed by atoms with E-state index in [0.717, 1.165) is 44.4 Å². The van der Waals surface area contributed by atoms with E-state index in [1.165, 1.54) is 5.69 Å². The number of nitrogens with one attached hydrogen (secondary N) is 1. The van der Waals surface area contributed by atoms with Crippen LogP contribution >= 0.6 is 0 Å². The molecule has 1 fully saturated rings. The van der Waals surface area contributed by atoms with Crippen LogP contribution in [0.2, 0.25) is 0 Å². The van der Waals surface area contributed by atoms with Crippen molar-refractivity contribution in [2.24, 2.45) is 4.99 Å². The Bertz CT molecular complexity index is 748. The normalized spacial score (nSPS) is 17.4. The Kier molecular flexibility index (Phi) is 6.46. The van der Waals surface area contributed by atoms with E-state index in [4.69, 9.17) is 9.15 Å². The maximum Gasteiger partial charge on any atom is 0.194 e. The smallest absolute Gasteiger partial charge is 0.194 e. The van der Waals surface area contributed by atoms with Gasteiger partial charge in [-0.05, 0) is 50.2 Å². The van der Waals surface area contributed by atoms with Crippen LogP contribution in [0.1, 0.15) is 19.6 Å². The van der Waals surface area contributed by atoms with Crippen molar-refractivity contribution in [1.82, 2.24) is 10.2 Å². The predicted octanol–water partition coefficient (Wildman–Crippen LogP) is 2.28. The first-order chi connectivity index (χ1) is 13.5. The van der Waals surface area contributed by atoms with Crippen LogP contribution in [-0.4, -0.2) is 62.3 Å². The molecule has 1 atom stereocenters. The van der Waals surface area contributed by atoms with Crippen LogP contribution in [0.5, 0.6) is 5.75 Å². The Morgan fingerprint density at radius 3 is 2.50 bits per heavy atom. The van der Waals surface area contributed by atoms with Crippen molar-refractivity contribution >= 4 is 11.6 Å². The van der Waals surface area contributed by atoms with Gasteiger partial charge in [0, 0.05) is 38.4 Å². The summed E-state index contributed by atoms with van der Waals surface area (Å²) in [5, 5.41) is 14.0. The number of aliphatic imine (C=N–C) groups is 1. The minimum Gasteiger partial charge on any atom is -0.497 e. The third kappa shape index (κ3) is 4.78. The molecule has 0 radical (unpaired) electrons. The molecule has 3 rings (SSSR count). The molecule has 1 aliphatic rings. The lowest BCUT2D eigenvalue weighted by molar-refractivity contribution is 0.0434. The summed E-state index contributed by atoms with van der Waals surface area (Å²) in [6.07, 6.45) is 1.57. The van der Waals surface area contributed by atoms with E-state index in [0.29, 0.717) is 5.76 Å². The zero-order valence-corrected chi connectivity index (χ0v) is 16.9. The third-order valence-corrected chi connectivity index (χ3v) is 4.94. The van der Waals surface area contributed by atoms with Crippen molar-refractivity contribution < 1.29 is 14.3 Å². The molecule has 7 nitrogen and oxygen atoms in total. The summed E-state index contributed by atoms with van der Waals surface area (Å²) in [7, 11) is 1.68. The fourth-order valence-electron chi connectivity index (χ4n) is 3.29. The van der Waals surface area contributed by atoms with E-state index in [9.17, 15) is 5.11 Å². The standard InChI is InChI=1S/C21H30N4O3/c1-4-22-20(23-16-21(2,26)19-6-5-15-28-19)25-13-11-24(12-14-25)17-7-9-18(27-3)10-8-17/h5-10,15,26H,4,11-14,16H2,1-3H3,(H,22,23). The number of piperazine rings is 1. The average Bonchev–Trinajstić information content (AvgIpc) is 3.27. The zero-order chi connectivity index (χ0) is 20.0. The molecule has 1 aliphatic heterocycles. The maximum atomic E-state index is 10.7. The molecule has 1 aromatic heterocycles. The van der Waals surface area contributed by atoms with Gasteiger partial charge in [-0.25, -0.2) is 4.99 Å². The highest BCUT2D eigenvalue weighted by Crippen LogP contribution is 2.22. The van der Waals surface area contributed by atoms with E-state index in [-0.39, 0.29) is 6.54 Å². The van der Waals surface area contributed by atoms with Crippen LogP contribution in [0.3, 0.4) is 0 Å². The second-order valence-electron chi connectivity index (χ2n) is 7.09. The van der Waals surface area contributed by atoms with Crippen LogP contribution in [0.25, 0.3) is 0 Å². The quantitative estimate of drug-likeness (QED) is 0.586. The lowest BCUT2D eigenvalue weighted by Crippen LogP contribution is -2.52. The highest BCUT2D eigenvalue weighted by Gasteiger charge is 2.27. The van der Waals surface area contributed by atoms with Gasteiger partial charge in [0.2, 0.25) is 0 Å². The number of aliphatic hydroxyl groups is 1. The van der Waals surface area contributed by atoms with E-state index >= 15 is 0 Å². The second-order valence-corrected chi connectivity index (χ2v) is 7.09. The van der Waals surface area contributed by atoms with Crippen molar-refractivity contribution in [2.75, 3.05) is 51.3 Å². The summed E-state index contributed by atoms with van der Waals surface area (Å²) >= 11 is 0. The van der Waals surface area contributed by atoms with Crippen LogP contribution < -0.4 is 15.0 Å². The monoisotopic (exact) mass is 386 g/mol. The molecule has 2 N–H and O–H groups in total. The Labute approximate surface area is 166 Å². The molecule has 1 saturated heterocycles. The van der Waals surface area contributed by atoms with Gasteiger partial charge < -0.3 is 29.4 Å². The number of hydrogen-bond acceptors (Lipinski definition) is 5. The van der Waals surface area contributed by atoms with Gasteiger partial charge in [0.1, 0.15) is 17.1 Å². The molecule has 1 unspecified atom stereocenters. The lowest BCUT2D eigenvalue weighted by Gasteiger charge is -2.38. The molecular weight excluding hydrogens is 356 g/mol.